The topological polar surface area (TPSA) is 24.4 Å². The van der Waals surface area contributed by atoms with E-state index in [1.54, 1.807) is 11.3 Å². The molecule has 3 rings (SSSR count). The number of amidine groups is 1. The van der Waals surface area contributed by atoms with Crippen molar-refractivity contribution in [1.82, 2.24) is 5.32 Å². The van der Waals surface area contributed by atoms with Gasteiger partial charge in [0.1, 0.15) is 0 Å². The summed E-state index contributed by atoms with van der Waals surface area (Å²) in [5.41, 5.74) is 2.78. The summed E-state index contributed by atoms with van der Waals surface area (Å²) >= 11 is 3.61. The molecule has 4 heteroatoms. The van der Waals surface area contributed by atoms with Gasteiger partial charge in [-0.1, -0.05) is 42.1 Å². The van der Waals surface area contributed by atoms with Crippen molar-refractivity contribution in [3.05, 3.63) is 58.3 Å². The van der Waals surface area contributed by atoms with Crippen molar-refractivity contribution in [2.24, 2.45) is 4.99 Å². The van der Waals surface area contributed by atoms with E-state index in [4.69, 9.17) is 4.99 Å². The van der Waals surface area contributed by atoms with Crippen LogP contribution in [0.3, 0.4) is 0 Å². The van der Waals surface area contributed by atoms with Gasteiger partial charge in [0.15, 0.2) is 5.17 Å². The fourth-order valence-electron chi connectivity index (χ4n) is 2.51. The summed E-state index contributed by atoms with van der Waals surface area (Å²) in [4.78, 5) is 4.82. The molecule has 0 fully saturated rings. The monoisotopic (exact) mass is 316 g/mol. The lowest BCUT2D eigenvalue weighted by Gasteiger charge is -2.13. The maximum atomic E-state index is 4.82. The number of hydrogen-bond donors (Lipinski definition) is 1. The molecule has 2 atom stereocenters. The summed E-state index contributed by atoms with van der Waals surface area (Å²) in [7, 11) is 0. The Labute approximate surface area is 134 Å². The van der Waals surface area contributed by atoms with Crippen molar-refractivity contribution in [3.63, 3.8) is 0 Å². The Morgan fingerprint density at radius 2 is 2.10 bits per heavy atom. The number of hydrogen-bond acceptors (Lipinski definition) is 4. The van der Waals surface area contributed by atoms with E-state index < -0.39 is 0 Å². The van der Waals surface area contributed by atoms with Crippen LogP contribution in [0.2, 0.25) is 0 Å². The average molecular weight is 316 g/mol. The highest BCUT2D eigenvalue weighted by Gasteiger charge is 2.19. The molecule has 110 valence electrons. The number of benzene rings is 1. The molecule has 0 amide bonds. The molecule has 1 aromatic carbocycles. The van der Waals surface area contributed by atoms with Crippen LogP contribution in [-0.4, -0.2) is 23.0 Å². The van der Waals surface area contributed by atoms with Gasteiger partial charge in [-0.25, -0.2) is 0 Å². The van der Waals surface area contributed by atoms with Crippen LogP contribution in [0.5, 0.6) is 0 Å². The molecule has 2 aromatic rings. The zero-order valence-electron chi connectivity index (χ0n) is 12.2. The quantitative estimate of drug-likeness (QED) is 0.902. The van der Waals surface area contributed by atoms with Crippen molar-refractivity contribution < 1.29 is 0 Å². The van der Waals surface area contributed by atoms with Gasteiger partial charge >= 0.3 is 0 Å². The molecule has 1 aromatic heterocycles. The summed E-state index contributed by atoms with van der Waals surface area (Å²) in [6, 6.07) is 13.7. The first-order valence-electron chi connectivity index (χ1n) is 7.32. The third-order valence-electron chi connectivity index (χ3n) is 3.52. The zero-order chi connectivity index (χ0) is 14.5. The smallest absolute Gasteiger partial charge is 0.157 e. The maximum Gasteiger partial charge on any atom is 0.157 e. The van der Waals surface area contributed by atoms with Gasteiger partial charge in [0, 0.05) is 11.8 Å². The van der Waals surface area contributed by atoms with Crippen molar-refractivity contribution >= 4 is 28.3 Å². The number of nitrogens with zero attached hydrogens (tertiary/aromatic N) is 1. The van der Waals surface area contributed by atoms with Crippen LogP contribution in [0.15, 0.2) is 52.2 Å². The van der Waals surface area contributed by atoms with Crippen LogP contribution in [0, 0.1) is 0 Å². The SMILES string of the molecule is CC(Cc1ccsc1)NC1=NC(Cc2ccccc2)CS1. The normalized spacial score (nSPS) is 19.3. The lowest BCUT2D eigenvalue weighted by atomic mass is 10.1. The molecule has 2 unspecified atom stereocenters. The predicted octanol–water partition coefficient (Wildman–Crippen LogP) is 3.98. The van der Waals surface area contributed by atoms with Crippen LogP contribution >= 0.6 is 23.1 Å². The van der Waals surface area contributed by atoms with Crippen LogP contribution in [-0.2, 0) is 12.8 Å². The van der Waals surface area contributed by atoms with Crippen LogP contribution in [0.25, 0.3) is 0 Å². The molecule has 0 radical (unpaired) electrons. The minimum atomic E-state index is 0.410. The molecule has 0 bridgehead atoms. The molecule has 0 saturated carbocycles. The Balaban J connectivity index is 1.51. The first-order valence-corrected chi connectivity index (χ1v) is 9.24. The van der Waals surface area contributed by atoms with Gasteiger partial charge in [-0.15, -0.1) is 0 Å². The molecule has 0 aliphatic carbocycles. The van der Waals surface area contributed by atoms with Crippen molar-refractivity contribution in [3.8, 4) is 0 Å². The first-order chi connectivity index (χ1) is 10.3. The molecule has 1 aliphatic rings. The molecule has 21 heavy (non-hydrogen) atoms. The Hall–Kier alpha value is -1.26. The van der Waals surface area contributed by atoms with E-state index in [0.29, 0.717) is 12.1 Å². The van der Waals surface area contributed by atoms with Gasteiger partial charge < -0.3 is 5.32 Å². The highest BCUT2D eigenvalue weighted by atomic mass is 32.2. The Morgan fingerprint density at radius 3 is 2.86 bits per heavy atom. The third kappa shape index (κ3) is 4.35. The standard InChI is InChI=1S/C17H20N2S2/c1-13(9-15-7-8-20-11-15)18-17-19-16(12-21-17)10-14-5-3-2-4-6-14/h2-8,11,13,16H,9-10,12H2,1H3,(H,18,19). The van der Waals surface area contributed by atoms with E-state index in [1.165, 1.54) is 11.1 Å². The first kappa shape index (κ1) is 14.7. The molecule has 2 heterocycles. The second-order valence-electron chi connectivity index (χ2n) is 5.47. The fraction of sp³-hybridized carbons (Fsp3) is 0.353. The number of nitrogens with one attached hydrogen (secondary N) is 1. The number of thiophene rings is 1. The van der Waals surface area contributed by atoms with Gasteiger partial charge in [0.25, 0.3) is 0 Å². The number of rotatable bonds is 5. The second kappa shape index (κ2) is 7.14. The summed E-state index contributed by atoms with van der Waals surface area (Å²) < 4.78 is 0. The highest BCUT2D eigenvalue weighted by molar-refractivity contribution is 8.14. The van der Waals surface area contributed by atoms with Crippen molar-refractivity contribution in [2.45, 2.75) is 31.8 Å². The lowest BCUT2D eigenvalue weighted by Crippen LogP contribution is -2.31. The van der Waals surface area contributed by atoms with E-state index in [1.807, 2.05) is 11.8 Å². The fourth-order valence-corrected chi connectivity index (χ4v) is 4.24. The molecule has 0 saturated heterocycles. The van der Waals surface area contributed by atoms with E-state index in [2.05, 4.69) is 59.4 Å². The number of aliphatic imine (C=N–C) groups is 1. The maximum absolute atomic E-state index is 4.82. The summed E-state index contributed by atoms with van der Waals surface area (Å²) in [6.45, 7) is 2.23. The Kier molecular flexibility index (Phi) is 4.99. The molecule has 1 aliphatic heterocycles. The zero-order valence-corrected chi connectivity index (χ0v) is 13.8. The van der Waals surface area contributed by atoms with Gasteiger partial charge in [0.2, 0.25) is 0 Å². The largest absolute Gasteiger partial charge is 0.362 e. The van der Waals surface area contributed by atoms with Gasteiger partial charge in [-0.05, 0) is 47.7 Å². The van der Waals surface area contributed by atoms with Crippen LogP contribution in [0.1, 0.15) is 18.1 Å². The highest BCUT2D eigenvalue weighted by Crippen LogP contribution is 2.20. The lowest BCUT2D eigenvalue weighted by molar-refractivity contribution is 0.661. The Morgan fingerprint density at radius 1 is 1.24 bits per heavy atom. The van der Waals surface area contributed by atoms with Crippen molar-refractivity contribution in [2.75, 3.05) is 5.75 Å². The van der Waals surface area contributed by atoms with Crippen molar-refractivity contribution in [1.29, 1.82) is 0 Å². The van der Waals surface area contributed by atoms with Gasteiger partial charge in [-0.3, -0.25) is 4.99 Å². The second-order valence-corrected chi connectivity index (χ2v) is 7.26. The van der Waals surface area contributed by atoms with Crippen LogP contribution < -0.4 is 5.32 Å². The molecular weight excluding hydrogens is 296 g/mol. The summed E-state index contributed by atoms with van der Waals surface area (Å²) in [6.07, 6.45) is 2.10. The minimum absolute atomic E-state index is 0.410. The predicted molar refractivity (Wildman–Crippen MR) is 94.4 cm³/mol. The Bertz CT molecular complexity index is 578. The molecule has 2 nitrogen and oxygen atoms in total. The van der Waals surface area contributed by atoms with Crippen LogP contribution in [0.4, 0.5) is 0 Å². The minimum Gasteiger partial charge on any atom is -0.362 e. The third-order valence-corrected chi connectivity index (χ3v) is 5.30. The summed E-state index contributed by atoms with van der Waals surface area (Å²) in [5, 5.41) is 9.02. The van der Waals surface area contributed by atoms with Gasteiger partial charge in [-0.2, -0.15) is 11.3 Å². The average Bonchev–Trinajstić information content (AvgIpc) is 3.12. The molecular formula is C17H20N2S2. The molecule has 1 N–H and O–H groups in total. The number of thioether (sulfide) groups is 1. The summed E-state index contributed by atoms with van der Waals surface area (Å²) in [5.74, 6) is 1.09. The van der Waals surface area contributed by atoms with E-state index in [-0.39, 0.29) is 0 Å². The van der Waals surface area contributed by atoms with E-state index in [0.717, 1.165) is 23.8 Å². The van der Waals surface area contributed by atoms with E-state index in [9.17, 15) is 0 Å². The van der Waals surface area contributed by atoms with E-state index >= 15 is 0 Å². The molecule has 0 spiro atoms. The van der Waals surface area contributed by atoms with Gasteiger partial charge in [0.05, 0.1) is 6.04 Å².